The fourth-order valence-electron chi connectivity index (χ4n) is 3.62. The van der Waals surface area contributed by atoms with Gasteiger partial charge in [0.05, 0.1) is 12.5 Å². The van der Waals surface area contributed by atoms with Crippen LogP contribution in [0.25, 0.3) is 0 Å². The molecule has 10 heteroatoms. The molecule has 1 amide bonds. The molecule has 0 bridgehead atoms. The first-order valence-corrected chi connectivity index (χ1v) is 10.3. The van der Waals surface area contributed by atoms with Gasteiger partial charge in [-0.15, -0.1) is 0 Å². The predicted molar refractivity (Wildman–Crippen MR) is 118 cm³/mol. The number of pyridine rings is 1. The van der Waals surface area contributed by atoms with Crippen LogP contribution in [0.5, 0.6) is 11.5 Å². The standard InChI is InChI=1S/C22H27N5O5/c23-21(24)15-1-2-18(28)19(11-15)32-13-16(12-20(29)30)26-22(31)14-5-9-27(10-6-14)17-3-7-25-8-4-17/h1-4,7-8,11,14,16,28H,5-6,9-10,12-13H2,(H3,23,24)(H,26,31)(H,29,30). The van der Waals surface area contributed by atoms with Gasteiger partial charge in [0.15, 0.2) is 11.5 Å². The molecule has 0 radical (unpaired) electrons. The second-order valence-corrected chi connectivity index (χ2v) is 7.68. The Balaban J connectivity index is 1.57. The number of aliphatic carboxylic acids is 1. The van der Waals surface area contributed by atoms with Gasteiger partial charge in [0.25, 0.3) is 0 Å². The smallest absolute Gasteiger partial charge is 0.305 e. The Bertz CT molecular complexity index is 960. The fraction of sp³-hybridized carbons (Fsp3) is 0.364. The molecule has 1 atom stereocenters. The molecule has 0 aliphatic carbocycles. The van der Waals surface area contributed by atoms with Crippen molar-refractivity contribution in [1.82, 2.24) is 10.3 Å². The highest BCUT2D eigenvalue weighted by Crippen LogP contribution is 2.27. The fourth-order valence-corrected chi connectivity index (χ4v) is 3.62. The van der Waals surface area contributed by atoms with Gasteiger partial charge in [-0.3, -0.25) is 20.0 Å². The average molecular weight is 441 g/mol. The molecule has 1 aliphatic heterocycles. The third-order valence-corrected chi connectivity index (χ3v) is 5.37. The van der Waals surface area contributed by atoms with E-state index in [1.807, 2.05) is 12.1 Å². The minimum atomic E-state index is -1.08. The van der Waals surface area contributed by atoms with Gasteiger partial charge < -0.3 is 30.9 Å². The Kier molecular flexibility index (Phi) is 7.48. The van der Waals surface area contributed by atoms with Crippen LogP contribution in [0.1, 0.15) is 24.8 Å². The van der Waals surface area contributed by atoms with Gasteiger partial charge in [-0.05, 0) is 43.2 Å². The van der Waals surface area contributed by atoms with Crippen LogP contribution in [-0.4, -0.2) is 58.6 Å². The Labute approximate surface area is 185 Å². The molecule has 2 aromatic rings. The highest BCUT2D eigenvalue weighted by molar-refractivity contribution is 5.95. The molecule has 10 nitrogen and oxygen atoms in total. The molecule has 170 valence electrons. The van der Waals surface area contributed by atoms with Crippen LogP contribution in [0.4, 0.5) is 5.69 Å². The number of phenols is 1. The number of rotatable bonds is 9. The van der Waals surface area contributed by atoms with Gasteiger partial charge in [0.1, 0.15) is 12.4 Å². The maximum atomic E-state index is 12.8. The van der Waals surface area contributed by atoms with Crippen LogP contribution in [-0.2, 0) is 9.59 Å². The summed E-state index contributed by atoms with van der Waals surface area (Å²) in [6, 6.07) is 7.28. The summed E-state index contributed by atoms with van der Waals surface area (Å²) in [5.41, 5.74) is 6.87. The van der Waals surface area contributed by atoms with E-state index in [1.165, 1.54) is 18.2 Å². The number of piperidine rings is 1. The topological polar surface area (TPSA) is 162 Å². The van der Waals surface area contributed by atoms with Crippen molar-refractivity contribution in [3.8, 4) is 11.5 Å². The number of carboxylic acid groups (broad SMARTS) is 1. The zero-order chi connectivity index (χ0) is 23.1. The molecule has 1 saturated heterocycles. The Morgan fingerprint density at radius 3 is 2.56 bits per heavy atom. The number of nitrogens with zero attached hydrogens (tertiary/aromatic N) is 2. The maximum absolute atomic E-state index is 12.8. The van der Waals surface area contributed by atoms with Crippen molar-refractivity contribution in [2.75, 3.05) is 24.6 Å². The van der Waals surface area contributed by atoms with E-state index in [9.17, 15) is 19.8 Å². The Morgan fingerprint density at radius 2 is 1.94 bits per heavy atom. The van der Waals surface area contributed by atoms with Crippen molar-refractivity contribution in [2.45, 2.75) is 25.3 Å². The predicted octanol–water partition coefficient (Wildman–Crippen LogP) is 1.33. The van der Waals surface area contributed by atoms with Crippen LogP contribution in [0.2, 0.25) is 0 Å². The molecule has 1 fully saturated rings. The number of amides is 1. The van der Waals surface area contributed by atoms with Crippen LogP contribution < -0.4 is 20.7 Å². The molecule has 6 N–H and O–H groups in total. The third kappa shape index (κ3) is 6.10. The van der Waals surface area contributed by atoms with E-state index in [-0.39, 0.29) is 42.2 Å². The molecule has 1 aliphatic rings. The first kappa shape index (κ1) is 22.9. The average Bonchev–Trinajstić information content (AvgIpc) is 2.78. The number of aromatic nitrogens is 1. The number of amidine groups is 1. The van der Waals surface area contributed by atoms with Gasteiger partial charge in [-0.1, -0.05) is 0 Å². The monoisotopic (exact) mass is 441 g/mol. The first-order valence-electron chi connectivity index (χ1n) is 10.3. The number of nitrogens with one attached hydrogen (secondary N) is 2. The number of benzene rings is 1. The maximum Gasteiger partial charge on any atom is 0.305 e. The lowest BCUT2D eigenvalue weighted by atomic mass is 9.95. The number of carbonyl (C=O) groups excluding carboxylic acids is 1. The summed E-state index contributed by atoms with van der Waals surface area (Å²) >= 11 is 0. The lowest BCUT2D eigenvalue weighted by Gasteiger charge is -2.33. The van der Waals surface area contributed by atoms with Gasteiger partial charge in [0.2, 0.25) is 5.91 Å². The van der Waals surface area contributed by atoms with E-state index in [1.54, 1.807) is 12.4 Å². The number of anilines is 1. The van der Waals surface area contributed by atoms with Crippen molar-refractivity contribution in [2.24, 2.45) is 11.7 Å². The summed E-state index contributed by atoms with van der Waals surface area (Å²) < 4.78 is 5.56. The van der Waals surface area contributed by atoms with Crippen molar-refractivity contribution in [1.29, 1.82) is 5.41 Å². The third-order valence-electron chi connectivity index (χ3n) is 5.37. The Hall–Kier alpha value is -3.82. The number of carboxylic acids is 1. The van der Waals surface area contributed by atoms with Crippen LogP contribution in [0, 0.1) is 11.3 Å². The van der Waals surface area contributed by atoms with Crippen LogP contribution >= 0.6 is 0 Å². The summed E-state index contributed by atoms with van der Waals surface area (Å²) in [6.07, 6.45) is 4.43. The lowest BCUT2D eigenvalue weighted by molar-refractivity contribution is -0.138. The van der Waals surface area contributed by atoms with Crippen molar-refractivity contribution in [3.63, 3.8) is 0 Å². The zero-order valence-corrected chi connectivity index (χ0v) is 17.5. The van der Waals surface area contributed by atoms with Gasteiger partial charge in [-0.25, -0.2) is 0 Å². The van der Waals surface area contributed by atoms with E-state index in [2.05, 4.69) is 15.2 Å². The SMILES string of the molecule is N=C(N)c1ccc(O)c(OCC(CC(=O)O)NC(=O)C2CCN(c3ccncc3)CC2)c1. The van der Waals surface area contributed by atoms with Crippen molar-refractivity contribution in [3.05, 3.63) is 48.3 Å². The summed E-state index contributed by atoms with van der Waals surface area (Å²) in [4.78, 5) is 30.3. The number of ether oxygens (including phenoxy) is 1. The molecule has 0 spiro atoms. The van der Waals surface area contributed by atoms with Crippen LogP contribution in [0.15, 0.2) is 42.7 Å². The highest BCUT2D eigenvalue weighted by Gasteiger charge is 2.27. The number of phenolic OH excluding ortho intramolecular Hbond substituents is 1. The lowest BCUT2D eigenvalue weighted by Crippen LogP contribution is -2.46. The highest BCUT2D eigenvalue weighted by atomic mass is 16.5. The van der Waals surface area contributed by atoms with Crippen molar-refractivity contribution >= 4 is 23.4 Å². The van der Waals surface area contributed by atoms with E-state index in [4.69, 9.17) is 15.9 Å². The molecule has 1 aromatic heterocycles. The number of aromatic hydroxyl groups is 1. The molecular weight excluding hydrogens is 414 g/mol. The number of carbonyl (C=O) groups is 2. The molecule has 32 heavy (non-hydrogen) atoms. The molecule has 0 saturated carbocycles. The summed E-state index contributed by atoms with van der Waals surface area (Å²) in [5.74, 6) is -1.81. The van der Waals surface area contributed by atoms with Crippen LogP contribution in [0.3, 0.4) is 0 Å². The largest absolute Gasteiger partial charge is 0.504 e. The van der Waals surface area contributed by atoms with Gasteiger partial charge in [-0.2, -0.15) is 0 Å². The molecule has 1 unspecified atom stereocenters. The normalized spacial score (nSPS) is 15.1. The molecular formula is C22H27N5O5. The minimum absolute atomic E-state index is 0.0630. The first-order chi connectivity index (χ1) is 15.3. The minimum Gasteiger partial charge on any atom is -0.504 e. The Morgan fingerprint density at radius 1 is 1.25 bits per heavy atom. The van der Waals surface area contributed by atoms with Crippen molar-refractivity contribution < 1.29 is 24.5 Å². The van der Waals surface area contributed by atoms with Gasteiger partial charge in [0, 0.05) is 42.7 Å². The second-order valence-electron chi connectivity index (χ2n) is 7.68. The van der Waals surface area contributed by atoms with E-state index in [0.717, 1.165) is 5.69 Å². The second kappa shape index (κ2) is 10.5. The van der Waals surface area contributed by atoms with E-state index < -0.39 is 12.0 Å². The summed E-state index contributed by atoms with van der Waals surface area (Å²) in [5, 5.41) is 29.5. The van der Waals surface area contributed by atoms with E-state index in [0.29, 0.717) is 31.5 Å². The number of hydrogen-bond donors (Lipinski definition) is 5. The molecule has 2 heterocycles. The summed E-state index contributed by atoms with van der Waals surface area (Å²) in [6.45, 7) is 1.28. The number of nitrogens with two attached hydrogens (primary N) is 1. The number of hydrogen-bond acceptors (Lipinski definition) is 7. The molecule has 3 rings (SSSR count). The quantitative estimate of drug-likeness (QED) is 0.287. The summed E-state index contributed by atoms with van der Waals surface area (Å²) in [7, 11) is 0. The molecule has 1 aromatic carbocycles. The van der Waals surface area contributed by atoms with E-state index >= 15 is 0 Å². The van der Waals surface area contributed by atoms with Gasteiger partial charge >= 0.3 is 5.97 Å². The number of nitrogen functional groups attached to an aromatic ring is 1. The zero-order valence-electron chi connectivity index (χ0n) is 17.5.